The first kappa shape index (κ1) is 15.6. The van der Waals surface area contributed by atoms with E-state index in [2.05, 4.69) is 10.3 Å². The van der Waals surface area contributed by atoms with E-state index in [1.807, 2.05) is 5.38 Å². The third kappa shape index (κ3) is 5.23. The summed E-state index contributed by atoms with van der Waals surface area (Å²) in [7, 11) is 0. The smallest absolute Gasteiger partial charge is 0.224 e. The Bertz CT molecular complexity index is 587. The molecule has 0 atom stereocenters. The lowest BCUT2D eigenvalue weighted by molar-refractivity contribution is -0.120. The van der Waals surface area contributed by atoms with Crippen LogP contribution in [0.2, 0.25) is 0 Å². The number of rotatable bonds is 7. The highest BCUT2D eigenvalue weighted by molar-refractivity contribution is 7.09. The van der Waals surface area contributed by atoms with Crippen molar-refractivity contribution < 1.29 is 13.6 Å². The van der Waals surface area contributed by atoms with Crippen LogP contribution in [0.25, 0.3) is 0 Å². The lowest BCUT2D eigenvalue weighted by atomic mass is 10.1. The second-order valence-corrected chi connectivity index (χ2v) is 5.64. The fourth-order valence-electron chi connectivity index (χ4n) is 1.90. The van der Waals surface area contributed by atoms with Crippen molar-refractivity contribution >= 4 is 17.2 Å². The van der Waals surface area contributed by atoms with E-state index in [9.17, 15) is 13.6 Å². The number of halogens is 2. The molecule has 0 spiro atoms. The van der Waals surface area contributed by atoms with Gasteiger partial charge in [-0.25, -0.2) is 13.8 Å². The minimum absolute atomic E-state index is 0.0592. The van der Waals surface area contributed by atoms with E-state index in [0.717, 1.165) is 36.4 Å². The normalized spacial score (nSPS) is 10.6. The number of aryl methyl sites for hydroxylation is 1. The summed E-state index contributed by atoms with van der Waals surface area (Å²) in [6.07, 6.45) is 4.58. The molecule has 21 heavy (non-hydrogen) atoms. The predicted molar refractivity (Wildman–Crippen MR) is 78.1 cm³/mol. The number of aromatic nitrogens is 1. The van der Waals surface area contributed by atoms with E-state index in [0.29, 0.717) is 12.1 Å². The van der Waals surface area contributed by atoms with Gasteiger partial charge in [0.25, 0.3) is 0 Å². The average molecular weight is 310 g/mol. The number of carbonyl (C=O) groups excluding carboxylic acids is 1. The summed E-state index contributed by atoms with van der Waals surface area (Å²) in [4.78, 5) is 15.8. The quantitative estimate of drug-likeness (QED) is 0.799. The maximum atomic E-state index is 13.0. The molecule has 0 fully saturated rings. The van der Waals surface area contributed by atoms with Crippen LogP contribution >= 0.6 is 11.3 Å². The second-order valence-electron chi connectivity index (χ2n) is 4.66. The Morgan fingerprint density at radius 3 is 2.81 bits per heavy atom. The first-order chi connectivity index (χ1) is 10.1. The molecule has 0 aliphatic rings. The molecule has 0 aliphatic heterocycles. The summed E-state index contributed by atoms with van der Waals surface area (Å²) in [5.74, 6) is -2.01. The van der Waals surface area contributed by atoms with Gasteiger partial charge >= 0.3 is 0 Å². The molecule has 1 N–H and O–H groups in total. The molecule has 0 radical (unpaired) electrons. The molecule has 1 aromatic heterocycles. The Balaban J connectivity index is 1.64. The van der Waals surface area contributed by atoms with Crippen LogP contribution in [0.3, 0.4) is 0 Å². The molecule has 2 rings (SSSR count). The third-order valence-corrected chi connectivity index (χ3v) is 3.81. The molecule has 0 saturated carbocycles. The highest BCUT2D eigenvalue weighted by Crippen LogP contribution is 2.09. The lowest BCUT2D eigenvalue weighted by Gasteiger charge is -2.05. The highest BCUT2D eigenvalue weighted by Gasteiger charge is 2.06. The van der Waals surface area contributed by atoms with Gasteiger partial charge in [-0.05, 0) is 37.0 Å². The Morgan fingerprint density at radius 1 is 1.24 bits per heavy atom. The van der Waals surface area contributed by atoms with Crippen molar-refractivity contribution in [1.29, 1.82) is 0 Å². The van der Waals surface area contributed by atoms with Crippen molar-refractivity contribution in [3.8, 4) is 0 Å². The van der Waals surface area contributed by atoms with Crippen LogP contribution in [0, 0.1) is 11.6 Å². The van der Waals surface area contributed by atoms with E-state index >= 15 is 0 Å². The van der Waals surface area contributed by atoms with Gasteiger partial charge in [0.2, 0.25) is 5.91 Å². The second kappa shape index (κ2) is 7.83. The molecular formula is C15H16F2N2OS. The lowest BCUT2D eigenvalue weighted by Crippen LogP contribution is -2.26. The number of benzene rings is 1. The monoisotopic (exact) mass is 310 g/mol. The number of amides is 1. The number of nitrogens with one attached hydrogen (secondary N) is 1. The molecule has 0 unspecified atom stereocenters. The summed E-state index contributed by atoms with van der Waals surface area (Å²) in [5.41, 5.74) is 0.467. The van der Waals surface area contributed by atoms with Crippen molar-refractivity contribution in [1.82, 2.24) is 10.3 Å². The third-order valence-electron chi connectivity index (χ3n) is 2.97. The molecule has 6 heteroatoms. The molecule has 3 nitrogen and oxygen atoms in total. The van der Waals surface area contributed by atoms with Gasteiger partial charge in [0, 0.05) is 18.1 Å². The van der Waals surface area contributed by atoms with Crippen LogP contribution in [-0.4, -0.2) is 17.4 Å². The van der Waals surface area contributed by atoms with Crippen molar-refractivity contribution in [3.63, 3.8) is 0 Å². The van der Waals surface area contributed by atoms with E-state index in [-0.39, 0.29) is 12.3 Å². The summed E-state index contributed by atoms with van der Waals surface area (Å²) in [6, 6.07) is 3.50. The minimum atomic E-state index is -0.927. The van der Waals surface area contributed by atoms with Crippen molar-refractivity contribution in [2.75, 3.05) is 6.54 Å². The first-order valence-corrected chi connectivity index (χ1v) is 7.62. The maximum absolute atomic E-state index is 13.0. The Hall–Kier alpha value is -1.82. The van der Waals surface area contributed by atoms with Crippen LogP contribution in [0.15, 0.2) is 29.8 Å². The number of hydrogen-bond donors (Lipinski definition) is 1. The van der Waals surface area contributed by atoms with Crippen LogP contribution in [-0.2, 0) is 17.6 Å². The Morgan fingerprint density at radius 2 is 2.10 bits per heavy atom. The molecule has 1 amide bonds. The largest absolute Gasteiger partial charge is 0.356 e. The van der Waals surface area contributed by atoms with Crippen molar-refractivity contribution in [2.24, 2.45) is 0 Å². The van der Waals surface area contributed by atoms with Crippen molar-refractivity contribution in [2.45, 2.75) is 25.7 Å². The van der Waals surface area contributed by atoms with Crippen LogP contribution in [0.4, 0.5) is 8.78 Å². The molecule has 0 aliphatic carbocycles. The van der Waals surface area contributed by atoms with Gasteiger partial charge in [-0.3, -0.25) is 4.79 Å². The van der Waals surface area contributed by atoms with Gasteiger partial charge in [0.15, 0.2) is 11.6 Å². The fourth-order valence-corrected chi connectivity index (χ4v) is 2.57. The topological polar surface area (TPSA) is 42.0 Å². The molecule has 0 bridgehead atoms. The van der Waals surface area contributed by atoms with E-state index in [1.165, 1.54) is 6.07 Å². The highest BCUT2D eigenvalue weighted by atomic mass is 32.1. The zero-order valence-corrected chi connectivity index (χ0v) is 12.3. The Kier molecular flexibility index (Phi) is 5.80. The van der Waals surface area contributed by atoms with Crippen molar-refractivity contribution in [3.05, 3.63) is 52.0 Å². The first-order valence-electron chi connectivity index (χ1n) is 6.74. The van der Waals surface area contributed by atoms with Gasteiger partial charge in [0.05, 0.1) is 11.4 Å². The van der Waals surface area contributed by atoms with E-state index in [4.69, 9.17) is 0 Å². The Labute approximate surface area is 126 Å². The number of carbonyl (C=O) groups is 1. The maximum Gasteiger partial charge on any atom is 0.224 e. The van der Waals surface area contributed by atoms with Gasteiger partial charge < -0.3 is 5.32 Å². The number of unbranched alkanes of at least 4 members (excludes halogenated alkanes) is 1. The van der Waals surface area contributed by atoms with Gasteiger partial charge in [-0.15, -0.1) is 11.3 Å². The molecule has 2 aromatic rings. The summed E-state index contributed by atoms with van der Waals surface area (Å²) in [5, 5.41) is 5.82. The minimum Gasteiger partial charge on any atom is -0.356 e. The number of nitrogens with zero attached hydrogens (tertiary/aromatic N) is 1. The van der Waals surface area contributed by atoms with Gasteiger partial charge in [0.1, 0.15) is 0 Å². The fraction of sp³-hybridized carbons (Fsp3) is 0.333. The molecule has 1 aromatic carbocycles. The molecule has 0 saturated heterocycles. The summed E-state index contributed by atoms with van der Waals surface area (Å²) < 4.78 is 25.8. The molecule has 1 heterocycles. The van der Waals surface area contributed by atoms with Gasteiger partial charge in [-0.1, -0.05) is 6.07 Å². The zero-order valence-electron chi connectivity index (χ0n) is 11.4. The predicted octanol–water partition coefficient (Wildman–Crippen LogP) is 3.10. The van der Waals surface area contributed by atoms with E-state index in [1.54, 1.807) is 17.5 Å². The molecular weight excluding hydrogens is 294 g/mol. The standard InChI is InChI=1S/C15H16F2N2OS/c16-12-5-4-11(9-13(12)17)10-14(20)18-6-2-1-3-15-19-7-8-21-15/h4-5,7-9H,1-3,6,10H2,(H,18,20). The van der Waals surface area contributed by atoms with Crippen LogP contribution < -0.4 is 5.32 Å². The summed E-state index contributed by atoms with van der Waals surface area (Å²) >= 11 is 1.63. The zero-order chi connectivity index (χ0) is 15.1. The average Bonchev–Trinajstić information content (AvgIpc) is 2.96. The molecule has 112 valence electrons. The number of thiazole rings is 1. The number of hydrogen-bond acceptors (Lipinski definition) is 3. The van der Waals surface area contributed by atoms with Crippen LogP contribution in [0.5, 0.6) is 0 Å². The van der Waals surface area contributed by atoms with E-state index < -0.39 is 11.6 Å². The summed E-state index contributed by atoms with van der Waals surface area (Å²) in [6.45, 7) is 0.577. The van der Waals surface area contributed by atoms with Crippen LogP contribution in [0.1, 0.15) is 23.4 Å². The van der Waals surface area contributed by atoms with Gasteiger partial charge in [-0.2, -0.15) is 0 Å². The SMILES string of the molecule is O=C(Cc1ccc(F)c(F)c1)NCCCCc1nccs1.